The van der Waals surface area contributed by atoms with Crippen LogP contribution in [0.25, 0.3) is 0 Å². The lowest BCUT2D eigenvalue weighted by atomic mass is 9.64. The molecule has 1 heterocycles. The summed E-state index contributed by atoms with van der Waals surface area (Å²) in [7, 11) is 0. The van der Waals surface area contributed by atoms with Crippen molar-refractivity contribution in [2.24, 2.45) is 10.8 Å². The van der Waals surface area contributed by atoms with Gasteiger partial charge in [0.15, 0.2) is 11.6 Å². The Kier molecular flexibility index (Phi) is 6.05. The number of hydrogen-bond donors (Lipinski definition) is 1. The molecule has 0 radical (unpaired) electrons. The van der Waals surface area contributed by atoms with Crippen LogP contribution in [0.5, 0.6) is 5.75 Å². The number of rotatable bonds is 5. The molecule has 0 fully saturated rings. The fourth-order valence-electron chi connectivity index (χ4n) is 5.91. The van der Waals surface area contributed by atoms with Crippen molar-refractivity contribution in [1.29, 1.82) is 0 Å². The predicted octanol–water partition coefficient (Wildman–Crippen LogP) is 6.15. The summed E-state index contributed by atoms with van der Waals surface area (Å²) in [4.78, 5) is 37.5. The number of carbonyl (C=O) groups is 2. The van der Waals surface area contributed by atoms with Gasteiger partial charge in [0.25, 0.3) is 5.69 Å². The second-order valence-electron chi connectivity index (χ2n) is 12.0. The van der Waals surface area contributed by atoms with Gasteiger partial charge in [-0.3, -0.25) is 19.7 Å². The van der Waals surface area contributed by atoms with Crippen LogP contribution in [0.3, 0.4) is 0 Å². The molecule has 0 bridgehead atoms. The first kappa shape index (κ1) is 24.9. The number of carbonyl (C=O) groups excluding carboxylic acids is 2. The maximum Gasteiger partial charge on any atom is 0.269 e. The first-order valence-electron chi connectivity index (χ1n) is 12.7. The van der Waals surface area contributed by atoms with Crippen molar-refractivity contribution >= 4 is 17.3 Å². The topological polar surface area (TPSA) is 98.5 Å². The van der Waals surface area contributed by atoms with E-state index < -0.39 is 4.92 Å². The lowest BCUT2D eigenvalue weighted by molar-refractivity contribution is -0.384. The summed E-state index contributed by atoms with van der Waals surface area (Å²) in [5.74, 6) is 0.418. The monoisotopic (exact) mass is 500 g/mol. The van der Waals surface area contributed by atoms with Gasteiger partial charge in [0, 0.05) is 53.4 Å². The number of non-ortho nitro benzene ring substituents is 1. The van der Waals surface area contributed by atoms with E-state index in [1.54, 1.807) is 12.1 Å². The van der Waals surface area contributed by atoms with Gasteiger partial charge in [0.2, 0.25) is 0 Å². The van der Waals surface area contributed by atoms with E-state index in [2.05, 4.69) is 33.0 Å². The Hall–Kier alpha value is -3.74. The van der Waals surface area contributed by atoms with Crippen molar-refractivity contribution in [3.63, 3.8) is 0 Å². The van der Waals surface area contributed by atoms with E-state index in [4.69, 9.17) is 4.74 Å². The van der Waals surface area contributed by atoms with Gasteiger partial charge < -0.3 is 10.1 Å². The summed E-state index contributed by atoms with van der Waals surface area (Å²) in [6.07, 6.45) is 2.44. The molecule has 1 N–H and O–H groups in total. The summed E-state index contributed by atoms with van der Waals surface area (Å²) < 4.78 is 5.89. The van der Waals surface area contributed by atoms with Gasteiger partial charge in [-0.2, -0.15) is 0 Å². The van der Waals surface area contributed by atoms with Gasteiger partial charge in [0.05, 0.1) is 4.92 Å². The molecule has 37 heavy (non-hydrogen) atoms. The van der Waals surface area contributed by atoms with Gasteiger partial charge in [-0.05, 0) is 46.9 Å². The van der Waals surface area contributed by atoms with Gasteiger partial charge in [-0.25, -0.2) is 0 Å². The Morgan fingerprint density at radius 3 is 2.00 bits per heavy atom. The lowest BCUT2D eigenvalue weighted by Gasteiger charge is -2.44. The van der Waals surface area contributed by atoms with Gasteiger partial charge in [-0.1, -0.05) is 52.0 Å². The number of dihydropyridines is 1. The minimum absolute atomic E-state index is 0.0242. The van der Waals surface area contributed by atoms with Crippen molar-refractivity contribution in [3.8, 4) is 5.75 Å². The number of nitrogens with one attached hydrogen (secondary N) is 1. The Labute approximate surface area is 216 Å². The lowest BCUT2D eigenvalue weighted by Crippen LogP contribution is -2.42. The first-order chi connectivity index (χ1) is 17.4. The molecule has 192 valence electrons. The molecule has 2 aromatic carbocycles. The van der Waals surface area contributed by atoms with Crippen molar-refractivity contribution in [3.05, 3.63) is 92.3 Å². The van der Waals surface area contributed by atoms with E-state index in [-0.39, 0.29) is 40.6 Å². The number of nitro groups is 1. The molecule has 0 aromatic heterocycles. The highest BCUT2D eigenvalue weighted by Crippen LogP contribution is 2.51. The molecule has 0 unspecified atom stereocenters. The quantitative estimate of drug-likeness (QED) is 0.391. The summed E-state index contributed by atoms with van der Waals surface area (Å²) >= 11 is 0. The highest BCUT2D eigenvalue weighted by molar-refractivity contribution is 6.06. The molecule has 5 rings (SSSR count). The molecular formula is C30H32N2O5. The molecule has 0 amide bonds. The second kappa shape index (κ2) is 8.98. The SMILES string of the molecule is CC1(C)CC(=O)C2=C(C1)NC1=C(C(=O)CC(C)(C)C1)C2c1ccc(OCc2cccc([N+](=O)[O-])c2)cc1. The zero-order valence-electron chi connectivity index (χ0n) is 21.7. The van der Waals surface area contributed by atoms with Crippen molar-refractivity contribution in [2.75, 3.05) is 0 Å². The van der Waals surface area contributed by atoms with Crippen LogP contribution >= 0.6 is 0 Å². The zero-order valence-corrected chi connectivity index (χ0v) is 21.7. The molecule has 0 spiro atoms. The fourth-order valence-corrected chi connectivity index (χ4v) is 5.91. The number of Topliss-reactive ketones (excluding diaryl/α,β-unsaturated/α-hetero) is 2. The van der Waals surface area contributed by atoms with Crippen molar-refractivity contribution in [2.45, 2.75) is 65.9 Å². The maximum atomic E-state index is 13.4. The number of nitrogens with zero attached hydrogens (tertiary/aromatic N) is 1. The Morgan fingerprint density at radius 2 is 1.46 bits per heavy atom. The third-order valence-electron chi connectivity index (χ3n) is 7.46. The number of nitro benzene ring substituents is 1. The molecule has 7 heteroatoms. The van der Waals surface area contributed by atoms with Crippen LogP contribution in [-0.4, -0.2) is 16.5 Å². The zero-order chi connectivity index (χ0) is 26.5. The molecule has 2 aromatic rings. The highest BCUT2D eigenvalue weighted by atomic mass is 16.6. The minimum atomic E-state index is -0.426. The van der Waals surface area contributed by atoms with Crippen LogP contribution in [0.4, 0.5) is 5.69 Å². The van der Waals surface area contributed by atoms with Crippen LogP contribution < -0.4 is 10.1 Å². The van der Waals surface area contributed by atoms with Crippen LogP contribution in [0, 0.1) is 20.9 Å². The van der Waals surface area contributed by atoms with Crippen LogP contribution in [0.15, 0.2) is 71.1 Å². The molecule has 0 atom stereocenters. The molecule has 0 saturated carbocycles. The summed E-state index contributed by atoms with van der Waals surface area (Å²) in [5, 5.41) is 14.6. The molecule has 0 saturated heterocycles. The van der Waals surface area contributed by atoms with E-state index in [9.17, 15) is 19.7 Å². The van der Waals surface area contributed by atoms with E-state index in [0.29, 0.717) is 24.2 Å². The standard InChI is InChI=1S/C30H32N2O5/c1-29(2)13-22-27(24(33)15-29)26(28-23(31-22)14-30(3,4)16-25(28)34)19-8-10-21(11-9-19)37-17-18-6-5-7-20(12-18)32(35)36/h5-12,26,31H,13-17H2,1-4H3. The average molecular weight is 501 g/mol. The van der Waals surface area contributed by atoms with Gasteiger partial charge in [0.1, 0.15) is 12.4 Å². The van der Waals surface area contributed by atoms with Crippen molar-refractivity contribution < 1.29 is 19.2 Å². The predicted molar refractivity (Wildman–Crippen MR) is 140 cm³/mol. The van der Waals surface area contributed by atoms with Gasteiger partial charge in [-0.15, -0.1) is 0 Å². The molecule has 1 aliphatic heterocycles. The Morgan fingerprint density at radius 1 is 0.892 bits per heavy atom. The molecular weight excluding hydrogens is 468 g/mol. The minimum Gasteiger partial charge on any atom is -0.489 e. The smallest absolute Gasteiger partial charge is 0.269 e. The number of allylic oxidation sites excluding steroid dienone is 4. The summed E-state index contributed by atoms with van der Waals surface area (Å²) in [5.41, 5.74) is 4.68. The van der Waals surface area contributed by atoms with Crippen molar-refractivity contribution in [1.82, 2.24) is 5.32 Å². The summed E-state index contributed by atoms with van der Waals surface area (Å²) in [6.45, 7) is 8.63. The Bertz CT molecular complexity index is 1310. The second-order valence-corrected chi connectivity index (χ2v) is 12.0. The van der Waals surface area contributed by atoms with Crippen LogP contribution in [0.2, 0.25) is 0 Å². The number of hydrogen-bond acceptors (Lipinski definition) is 6. The molecule has 2 aliphatic carbocycles. The van der Waals surface area contributed by atoms with E-state index in [1.165, 1.54) is 12.1 Å². The number of ether oxygens (including phenoxy) is 1. The fraction of sp³-hybridized carbons (Fsp3) is 0.400. The van der Waals surface area contributed by atoms with E-state index >= 15 is 0 Å². The molecule has 7 nitrogen and oxygen atoms in total. The van der Waals surface area contributed by atoms with E-state index in [0.717, 1.165) is 40.9 Å². The third kappa shape index (κ3) is 4.95. The molecule has 3 aliphatic rings. The largest absolute Gasteiger partial charge is 0.489 e. The number of ketones is 2. The van der Waals surface area contributed by atoms with Crippen LogP contribution in [0.1, 0.15) is 70.4 Å². The maximum absolute atomic E-state index is 13.4. The summed E-state index contributed by atoms with van der Waals surface area (Å²) in [6, 6.07) is 13.9. The van der Waals surface area contributed by atoms with Crippen LogP contribution in [-0.2, 0) is 16.2 Å². The van der Waals surface area contributed by atoms with E-state index in [1.807, 2.05) is 24.3 Å². The van der Waals surface area contributed by atoms with Gasteiger partial charge >= 0.3 is 0 Å². The normalized spacial score (nSPS) is 20.8. The number of benzene rings is 2. The Balaban J connectivity index is 1.46. The third-order valence-corrected chi connectivity index (χ3v) is 7.46. The highest BCUT2D eigenvalue weighted by Gasteiger charge is 2.46. The average Bonchev–Trinajstić information content (AvgIpc) is 2.80. The first-order valence-corrected chi connectivity index (χ1v) is 12.7.